The summed E-state index contributed by atoms with van der Waals surface area (Å²) in [6.07, 6.45) is -3.14. The number of nitrogens with zero attached hydrogens (tertiary/aromatic N) is 4. The average molecular weight is 389 g/mol. The second kappa shape index (κ2) is 6.63. The highest BCUT2D eigenvalue weighted by atomic mass is 19.4. The molecule has 3 aromatic rings. The number of benzene rings is 1. The predicted molar refractivity (Wildman–Crippen MR) is 92.6 cm³/mol. The SMILES string of the molecule is COc1ccc(-c2nccc(-c3cc4n(n3)CCNC4=O)n2)cc1C(F)(F)F. The van der Waals surface area contributed by atoms with Crippen LogP contribution >= 0.6 is 0 Å². The molecule has 0 atom stereocenters. The molecule has 10 heteroatoms. The number of hydrogen-bond acceptors (Lipinski definition) is 5. The lowest BCUT2D eigenvalue weighted by atomic mass is 10.1. The molecule has 0 radical (unpaired) electrons. The Labute approximate surface area is 157 Å². The fourth-order valence-electron chi connectivity index (χ4n) is 2.97. The second-order valence-electron chi connectivity index (χ2n) is 6.07. The third kappa shape index (κ3) is 3.17. The monoisotopic (exact) mass is 389 g/mol. The number of nitrogens with one attached hydrogen (secondary N) is 1. The van der Waals surface area contributed by atoms with Gasteiger partial charge in [0, 0.05) is 18.3 Å². The first-order valence-electron chi connectivity index (χ1n) is 8.32. The van der Waals surface area contributed by atoms with Crippen LogP contribution in [-0.2, 0) is 12.7 Å². The number of carbonyl (C=O) groups excluding carboxylic acids is 1. The molecule has 1 N–H and O–H groups in total. The van der Waals surface area contributed by atoms with Crippen LogP contribution in [0.1, 0.15) is 16.1 Å². The number of rotatable bonds is 3. The molecule has 3 heterocycles. The van der Waals surface area contributed by atoms with Crippen molar-refractivity contribution in [1.82, 2.24) is 25.1 Å². The predicted octanol–water partition coefficient (Wildman–Crippen LogP) is 2.78. The van der Waals surface area contributed by atoms with E-state index in [-0.39, 0.29) is 23.0 Å². The van der Waals surface area contributed by atoms with Crippen molar-refractivity contribution in [3.63, 3.8) is 0 Å². The van der Waals surface area contributed by atoms with E-state index in [1.165, 1.54) is 25.4 Å². The van der Waals surface area contributed by atoms with Crippen molar-refractivity contribution in [3.8, 4) is 28.5 Å². The highest BCUT2D eigenvalue weighted by Crippen LogP contribution is 2.38. The smallest absolute Gasteiger partial charge is 0.419 e. The molecule has 0 spiro atoms. The van der Waals surface area contributed by atoms with Crippen molar-refractivity contribution in [2.24, 2.45) is 0 Å². The Hall–Kier alpha value is -3.43. The number of hydrogen-bond donors (Lipinski definition) is 1. The number of alkyl halides is 3. The molecule has 1 aliphatic heterocycles. The Kier molecular flexibility index (Phi) is 4.25. The molecule has 0 saturated heterocycles. The summed E-state index contributed by atoms with van der Waals surface area (Å²) >= 11 is 0. The molecule has 28 heavy (non-hydrogen) atoms. The maximum Gasteiger partial charge on any atom is 0.419 e. The van der Waals surface area contributed by atoms with Crippen molar-refractivity contribution in [3.05, 3.63) is 47.8 Å². The molecule has 0 aliphatic carbocycles. The summed E-state index contributed by atoms with van der Waals surface area (Å²) < 4.78 is 46.2. The van der Waals surface area contributed by atoms with Crippen LogP contribution in [-0.4, -0.2) is 39.3 Å². The van der Waals surface area contributed by atoms with Crippen LogP contribution in [0.2, 0.25) is 0 Å². The number of methoxy groups -OCH3 is 1. The Morgan fingerprint density at radius 1 is 1.18 bits per heavy atom. The second-order valence-corrected chi connectivity index (χ2v) is 6.07. The van der Waals surface area contributed by atoms with Gasteiger partial charge in [0.2, 0.25) is 0 Å². The van der Waals surface area contributed by atoms with Crippen molar-refractivity contribution >= 4 is 5.91 Å². The molecule has 7 nitrogen and oxygen atoms in total. The zero-order valence-electron chi connectivity index (χ0n) is 14.6. The number of carbonyl (C=O) groups is 1. The Morgan fingerprint density at radius 3 is 2.71 bits per heavy atom. The van der Waals surface area contributed by atoms with Gasteiger partial charge in [0.1, 0.15) is 17.1 Å². The van der Waals surface area contributed by atoms with Crippen LogP contribution in [0.25, 0.3) is 22.8 Å². The van der Waals surface area contributed by atoms with Crippen molar-refractivity contribution in [1.29, 1.82) is 0 Å². The molecule has 0 bridgehead atoms. The van der Waals surface area contributed by atoms with Crippen molar-refractivity contribution in [2.45, 2.75) is 12.7 Å². The van der Waals surface area contributed by atoms with Gasteiger partial charge in [-0.15, -0.1) is 0 Å². The maximum atomic E-state index is 13.3. The van der Waals surface area contributed by atoms with Gasteiger partial charge in [0.05, 0.1) is 24.9 Å². The van der Waals surface area contributed by atoms with Crippen molar-refractivity contribution in [2.75, 3.05) is 13.7 Å². The van der Waals surface area contributed by atoms with E-state index in [1.54, 1.807) is 16.8 Å². The summed E-state index contributed by atoms with van der Waals surface area (Å²) in [7, 11) is 1.18. The topological polar surface area (TPSA) is 81.9 Å². The van der Waals surface area contributed by atoms with Gasteiger partial charge in [-0.05, 0) is 30.3 Å². The lowest BCUT2D eigenvalue weighted by Crippen LogP contribution is -2.35. The summed E-state index contributed by atoms with van der Waals surface area (Å²) in [5, 5.41) is 7.08. The van der Waals surface area contributed by atoms with E-state index in [4.69, 9.17) is 4.74 Å². The summed E-state index contributed by atoms with van der Waals surface area (Å²) in [6.45, 7) is 1.01. The summed E-state index contributed by atoms with van der Waals surface area (Å²) in [6, 6.07) is 6.82. The molecule has 4 rings (SSSR count). The van der Waals surface area contributed by atoms with Gasteiger partial charge in [0.15, 0.2) is 5.82 Å². The summed E-state index contributed by atoms with van der Waals surface area (Å²) in [4.78, 5) is 20.3. The van der Waals surface area contributed by atoms with E-state index in [9.17, 15) is 18.0 Å². The minimum absolute atomic E-state index is 0.112. The molecular weight excluding hydrogens is 375 g/mol. The van der Waals surface area contributed by atoms with E-state index >= 15 is 0 Å². The van der Waals surface area contributed by atoms with Gasteiger partial charge in [-0.3, -0.25) is 9.48 Å². The van der Waals surface area contributed by atoms with Gasteiger partial charge in [-0.1, -0.05) is 0 Å². The first kappa shape index (κ1) is 18.0. The van der Waals surface area contributed by atoms with Gasteiger partial charge in [-0.2, -0.15) is 18.3 Å². The van der Waals surface area contributed by atoms with Crippen molar-refractivity contribution < 1.29 is 22.7 Å². The van der Waals surface area contributed by atoms with Gasteiger partial charge in [-0.25, -0.2) is 9.97 Å². The van der Waals surface area contributed by atoms with E-state index in [0.717, 1.165) is 6.07 Å². The lowest BCUT2D eigenvalue weighted by molar-refractivity contribution is -0.138. The molecule has 2 aromatic heterocycles. The fraction of sp³-hybridized carbons (Fsp3) is 0.222. The molecule has 0 saturated carbocycles. The maximum absolute atomic E-state index is 13.3. The zero-order chi connectivity index (χ0) is 19.9. The Balaban J connectivity index is 1.75. The number of halogens is 3. The largest absolute Gasteiger partial charge is 0.496 e. The highest BCUT2D eigenvalue weighted by molar-refractivity contribution is 5.94. The fourth-order valence-corrected chi connectivity index (χ4v) is 2.97. The first-order valence-corrected chi connectivity index (χ1v) is 8.32. The third-order valence-electron chi connectivity index (χ3n) is 4.30. The Morgan fingerprint density at radius 2 is 2.00 bits per heavy atom. The first-order chi connectivity index (χ1) is 13.4. The van der Waals surface area contributed by atoms with Crippen LogP contribution < -0.4 is 10.1 Å². The molecule has 1 aliphatic rings. The van der Waals surface area contributed by atoms with Gasteiger partial charge in [0.25, 0.3) is 5.91 Å². The van der Waals surface area contributed by atoms with Crippen LogP contribution in [0.5, 0.6) is 5.75 Å². The summed E-state index contributed by atoms with van der Waals surface area (Å²) in [5.74, 6) is -0.398. The zero-order valence-corrected chi connectivity index (χ0v) is 14.6. The molecule has 0 fully saturated rings. The number of fused-ring (bicyclic) bond motifs is 1. The standard InChI is InChI=1S/C18H14F3N5O2/c1-28-15-3-2-10(8-11(15)18(19,20)21)16-22-5-4-12(24-16)13-9-14-17(27)23-6-7-26(14)25-13/h2-5,8-9H,6-7H2,1H3,(H,23,27). The van der Waals surface area contributed by atoms with Crippen LogP contribution in [0.15, 0.2) is 36.5 Å². The normalized spacial score (nSPS) is 13.8. The molecule has 144 valence electrons. The quantitative estimate of drug-likeness (QED) is 0.745. The number of aromatic nitrogens is 4. The molecule has 1 aromatic carbocycles. The van der Waals surface area contributed by atoms with Gasteiger partial charge >= 0.3 is 6.18 Å². The average Bonchev–Trinajstić information content (AvgIpc) is 3.13. The molecule has 0 unspecified atom stereocenters. The summed E-state index contributed by atoms with van der Waals surface area (Å²) in [5.41, 5.74) is 0.543. The van der Waals surface area contributed by atoms with Crippen LogP contribution in [0.3, 0.4) is 0 Å². The van der Waals surface area contributed by atoms with E-state index in [0.29, 0.717) is 30.2 Å². The highest BCUT2D eigenvalue weighted by Gasteiger charge is 2.34. The third-order valence-corrected chi connectivity index (χ3v) is 4.30. The lowest BCUT2D eigenvalue weighted by Gasteiger charge is -2.13. The number of ether oxygens (including phenoxy) is 1. The minimum Gasteiger partial charge on any atom is -0.496 e. The van der Waals surface area contributed by atoms with Crippen LogP contribution in [0.4, 0.5) is 13.2 Å². The van der Waals surface area contributed by atoms with Crippen LogP contribution in [0, 0.1) is 0 Å². The van der Waals surface area contributed by atoms with E-state index in [1.807, 2.05) is 0 Å². The van der Waals surface area contributed by atoms with Gasteiger partial charge < -0.3 is 10.1 Å². The Bertz CT molecular complexity index is 1060. The molecule has 1 amide bonds. The molecular formula is C18H14F3N5O2. The minimum atomic E-state index is -4.57. The number of amides is 1. The van der Waals surface area contributed by atoms with E-state index < -0.39 is 11.7 Å². The van der Waals surface area contributed by atoms with E-state index in [2.05, 4.69) is 20.4 Å².